The Morgan fingerprint density at radius 3 is 2.60 bits per heavy atom. The quantitative estimate of drug-likeness (QED) is 0.643. The maximum Gasteiger partial charge on any atom is 0.123 e. The van der Waals surface area contributed by atoms with Crippen molar-refractivity contribution in [3.63, 3.8) is 0 Å². The molecule has 0 saturated carbocycles. The summed E-state index contributed by atoms with van der Waals surface area (Å²) in [5.41, 5.74) is 6.84. The van der Waals surface area contributed by atoms with E-state index in [0.717, 1.165) is 24.2 Å². The molecule has 20 heavy (non-hydrogen) atoms. The van der Waals surface area contributed by atoms with Gasteiger partial charge in [-0.1, -0.05) is 39.5 Å². The summed E-state index contributed by atoms with van der Waals surface area (Å²) in [6, 6.07) is 4.78. The topological polar surface area (TPSA) is 35.2 Å². The first-order valence-corrected chi connectivity index (χ1v) is 7.84. The van der Waals surface area contributed by atoms with Gasteiger partial charge < -0.3 is 10.5 Å². The molecule has 0 bridgehead atoms. The van der Waals surface area contributed by atoms with Crippen LogP contribution < -0.4 is 10.5 Å². The average molecular weight is 281 g/mol. The second-order valence-electron chi connectivity index (χ2n) is 5.39. The van der Waals surface area contributed by atoms with E-state index in [1.165, 1.54) is 31.7 Å². The summed E-state index contributed by atoms with van der Waals surface area (Å²) in [6.45, 7) is 4.94. The van der Waals surface area contributed by atoms with E-state index in [9.17, 15) is 4.39 Å². The number of rotatable bonds is 10. The second kappa shape index (κ2) is 9.76. The number of unbranched alkanes of at least 4 members (excludes halogenated alkanes) is 4. The van der Waals surface area contributed by atoms with E-state index in [-0.39, 0.29) is 11.9 Å². The Hall–Kier alpha value is -1.09. The van der Waals surface area contributed by atoms with Gasteiger partial charge in [-0.15, -0.1) is 0 Å². The average Bonchev–Trinajstić information content (AvgIpc) is 2.44. The van der Waals surface area contributed by atoms with E-state index in [2.05, 4.69) is 6.92 Å². The Labute approximate surface area is 122 Å². The smallest absolute Gasteiger partial charge is 0.123 e. The lowest BCUT2D eigenvalue weighted by molar-refractivity contribution is 0.300. The molecule has 1 atom stereocenters. The highest BCUT2D eigenvalue weighted by Crippen LogP contribution is 2.22. The predicted octanol–water partition coefficient (Wildman–Crippen LogP) is 4.45. The Morgan fingerprint density at radius 1 is 1.15 bits per heavy atom. The van der Waals surface area contributed by atoms with Gasteiger partial charge in [0.15, 0.2) is 0 Å². The van der Waals surface area contributed by atoms with Crippen LogP contribution in [0.25, 0.3) is 0 Å². The van der Waals surface area contributed by atoms with Gasteiger partial charge in [0.1, 0.15) is 11.6 Å². The molecule has 0 heterocycles. The SMILES string of the molecule is CCCCCCCOc1ccc(F)cc1CC(N)CC. The molecule has 0 fully saturated rings. The van der Waals surface area contributed by atoms with Crippen molar-refractivity contribution in [3.05, 3.63) is 29.6 Å². The largest absolute Gasteiger partial charge is 0.493 e. The second-order valence-corrected chi connectivity index (χ2v) is 5.39. The zero-order valence-electron chi connectivity index (χ0n) is 12.8. The van der Waals surface area contributed by atoms with Crippen LogP contribution in [0.4, 0.5) is 4.39 Å². The summed E-state index contributed by atoms with van der Waals surface area (Å²) >= 11 is 0. The van der Waals surface area contributed by atoms with Crippen LogP contribution in [0, 0.1) is 5.82 Å². The predicted molar refractivity (Wildman–Crippen MR) is 82.6 cm³/mol. The lowest BCUT2D eigenvalue weighted by Gasteiger charge is -2.14. The monoisotopic (exact) mass is 281 g/mol. The number of ether oxygens (including phenoxy) is 1. The lowest BCUT2D eigenvalue weighted by atomic mass is 10.0. The van der Waals surface area contributed by atoms with Crippen LogP contribution in [0.3, 0.4) is 0 Å². The molecule has 2 N–H and O–H groups in total. The first-order valence-electron chi connectivity index (χ1n) is 7.84. The number of nitrogens with two attached hydrogens (primary N) is 1. The third kappa shape index (κ3) is 6.38. The summed E-state index contributed by atoms with van der Waals surface area (Å²) in [5.74, 6) is 0.560. The Bertz CT molecular complexity index is 381. The molecule has 1 rings (SSSR count). The third-order valence-electron chi connectivity index (χ3n) is 3.53. The van der Waals surface area contributed by atoms with Crippen molar-refractivity contribution in [3.8, 4) is 5.75 Å². The Kier molecular flexibility index (Phi) is 8.28. The van der Waals surface area contributed by atoms with Crippen molar-refractivity contribution < 1.29 is 9.13 Å². The molecular weight excluding hydrogens is 253 g/mol. The molecular formula is C17H28FNO. The number of hydrogen-bond donors (Lipinski definition) is 1. The van der Waals surface area contributed by atoms with Gasteiger partial charge in [-0.05, 0) is 43.0 Å². The van der Waals surface area contributed by atoms with E-state index in [0.29, 0.717) is 13.0 Å². The van der Waals surface area contributed by atoms with Gasteiger partial charge in [-0.3, -0.25) is 0 Å². The van der Waals surface area contributed by atoms with Gasteiger partial charge in [0, 0.05) is 6.04 Å². The highest BCUT2D eigenvalue weighted by atomic mass is 19.1. The van der Waals surface area contributed by atoms with Crippen molar-refractivity contribution in [2.24, 2.45) is 5.73 Å². The van der Waals surface area contributed by atoms with Gasteiger partial charge in [0.25, 0.3) is 0 Å². The van der Waals surface area contributed by atoms with E-state index >= 15 is 0 Å². The van der Waals surface area contributed by atoms with Gasteiger partial charge in [0.05, 0.1) is 6.61 Å². The van der Waals surface area contributed by atoms with Gasteiger partial charge in [-0.2, -0.15) is 0 Å². The third-order valence-corrected chi connectivity index (χ3v) is 3.53. The van der Waals surface area contributed by atoms with E-state index in [1.54, 1.807) is 12.1 Å². The number of hydrogen-bond acceptors (Lipinski definition) is 2. The lowest BCUT2D eigenvalue weighted by Crippen LogP contribution is -2.21. The molecule has 0 aliphatic heterocycles. The molecule has 1 aromatic carbocycles. The number of benzene rings is 1. The zero-order chi connectivity index (χ0) is 14.8. The van der Waals surface area contributed by atoms with Crippen LogP contribution in [-0.2, 0) is 6.42 Å². The number of halogens is 1. The highest BCUT2D eigenvalue weighted by Gasteiger charge is 2.09. The summed E-state index contributed by atoms with van der Waals surface area (Å²) in [7, 11) is 0. The molecule has 0 radical (unpaired) electrons. The van der Waals surface area contributed by atoms with Crippen molar-refractivity contribution in [1.29, 1.82) is 0 Å². The minimum atomic E-state index is -0.224. The van der Waals surface area contributed by atoms with Crippen molar-refractivity contribution in [1.82, 2.24) is 0 Å². The molecule has 0 spiro atoms. The molecule has 0 amide bonds. The van der Waals surface area contributed by atoms with Gasteiger partial charge in [-0.25, -0.2) is 4.39 Å². The first kappa shape index (κ1) is 17.0. The fraction of sp³-hybridized carbons (Fsp3) is 0.647. The normalized spacial score (nSPS) is 12.4. The van der Waals surface area contributed by atoms with E-state index in [4.69, 9.17) is 10.5 Å². The minimum Gasteiger partial charge on any atom is -0.493 e. The van der Waals surface area contributed by atoms with Crippen LogP contribution in [0.1, 0.15) is 57.9 Å². The standard InChI is InChI=1S/C17H28FNO/c1-3-5-6-7-8-11-20-17-10-9-15(18)12-14(17)13-16(19)4-2/h9-10,12,16H,3-8,11,13,19H2,1-2H3. The fourth-order valence-electron chi connectivity index (χ4n) is 2.16. The minimum absolute atomic E-state index is 0.0590. The van der Waals surface area contributed by atoms with Crippen LogP contribution in [0.5, 0.6) is 5.75 Å². The molecule has 1 aromatic rings. The van der Waals surface area contributed by atoms with E-state index < -0.39 is 0 Å². The molecule has 1 unspecified atom stereocenters. The van der Waals surface area contributed by atoms with Crippen LogP contribution in [0.2, 0.25) is 0 Å². The zero-order valence-corrected chi connectivity index (χ0v) is 12.8. The van der Waals surface area contributed by atoms with Gasteiger partial charge >= 0.3 is 0 Å². The van der Waals surface area contributed by atoms with Crippen molar-refractivity contribution in [2.45, 2.75) is 64.8 Å². The van der Waals surface area contributed by atoms with Crippen LogP contribution in [-0.4, -0.2) is 12.6 Å². The maximum absolute atomic E-state index is 13.3. The summed E-state index contributed by atoms with van der Waals surface area (Å²) in [6.07, 6.45) is 7.59. The van der Waals surface area contributed by atoms with Crippen LogP contribution >= 0.6 is 0 Å². The molecule has 0 aliphatic carbocycles. The molecule has 3 heteroatoms. The summed E-state index contributed by atoms with van der Waals surface area (Å²) in [4.78, 5) is 0. The molecule has 0 saturated heterocycles. The Morgan fingerprint density at radius 2 is 1.90 bits per heavy atom. The summed E-state index contributed by atoms with van der Waals surface area (Å²) < 4.78 is 19.1. The molecule has 0 aromatic heterocycles. The molecule has 114 valence electrons. The van der Waals surface area contributed by atoms with E-state index in [1.807, 2.05) is 6.92 Å². The van der Waals surface area contributed by atoms with Gasteiger partial charge in [0.2, 0.25) is 0 Å². The maximum atomic E-state index is 13.3. The Balaban J connectivity index is 2.47. The first-order chi connectivity index (χ1) is 9.67. The van der Waals surface area contributed by atoms with Crippen LogP contribution in [0.15, 0.2) is 18.2 Å². The van der Waals surface area contributed by atoms with Crippen molar-refractivity contribution in [2.75, 3.05) is 6.61 Å². The molecule has 0 aliphatic rings. The molecule has 2 nitrogen and oxygen atoms in total. The fourth-order valence-corrected chi connectivity index (χ4v) is 2.16. The summed E-state index contributed by atoms with van der Waals surface area (Å²) in [5, 5.41) is 0. The van der Waals surface area contributed by atoms with Crippen molar-refractivity contribution >= 4 is 0 Å². The highest BCUT2D eigenvalue weighted by molar-refractivity contribution is 5.34.